The Morgan fingerprint density at radius 3 is 2.43 bits per heavy atom. The monoisotopic (exact) mass is 195 g/mol. The van der Waals surface area contributed by atoms with Crippen LogP contribution in [0.5, 0.6) is 5.75 Å². The van der Waals surface area contributed by atoms with Gasteiger partial charge in [0, 0.05) is 0 Å². The quantitative estimate of drug-likeness (QED) is 0.760. The molecule has 0 aromatic heterocycles. The number of benzene rings is 1. The minimum Gasteiger partial charge on any atom is -0.492 e. The molecule has 0 spiro atoms. The summed E-state index contributed by atoms with van der Waals surface area (Å²) in [7, 11) is 3.85. The van der Waals surface area contributed by atoms with Crippen LogP contribution in [0.15, 0.2) is 30.3 Å². The van der Waals surface area contributed by atoms with E-state index in [9.17, 15) is 0 Å². The predicted octanol–water partition coefficient (Wildman–Crippen LogP) is 0.988. The molecule has 3 nitrogen and oxygen atoms in total. The van der Waals surface area contributed by atoms with Gasteiger partial charge in [0.2, 0.25) is 0 Å². The van der Waals surface area contributed by atoms with E-state index in [-0.39, 0.29) is 12.6 Å². The van der Waals surface area contributed by atoms with Gasteiger partial charge in [0.05, 0.1) is 12.6 Å². The van der Waals surface area contributed by atoms with E-state index in [0.29, 0.717) is 6.61 Å². The molecule has 1 aromatic rings. The lowest BCUT2D eigenvalue weighted by Gasteiger charge is -2.21. The fraction of sp³-hybridized carbons (Fsp3) is 0.455. The number of hydrogen-bond donors (Lipinski definition) is 1. The number of aliphatic hydroxyl groups is 1. The minimum absolute atomic E-state index is 0.0511. The van der Waals surface area contributed by atoms with Gasteiger partial charge in [0.15, 0.2) is 0 Å². The van der Waals surface area contributed by atoms with Crippen LogP contribution in [-0.4, -0.2) is 43.4 Å². The molecule has 1 N–H and O–H groups in total. The van der Waals surface area contributed by atoms with E-state index in [4.69, 9.17) is 9.84 Å². The Labute approximate surface area is 84.9 Å². The van der Waals surface area contributed by atoms with Crippen molar-refractivity contribution < 1.29 is 9.84 Å². The molecule has 0 saturated heterocycles. The van der Waals surface area contributed by atoms with Gasteiger partial charge in [-0.05, 0) is 26.2 Å². The number of hydrogen-bond acceptors (Lipinski definition) is 3. The third-order valence-corrected chi connectivity index (χ3v) is 2.13. The summed E-state index contributed by atoms with van der Waals surface area (Å²) in [5.74, 6) is 0.841. The summed E-state index contributed by atoms with van der Waals surface area (Å²) in [5, 5.41) is 9.05. The SMILES string of the molecule is CN(C)C(CO)COc1ccccc1. The summed E-state index contributed by atoms with van der Waals surface area (Å²) < 4.78 is 5.52. The van der Waals surface area contributed by atoms with Crippen molar-refractivity contribution in [3.05, 3.63) is 30.3 Å². The largest absolute Gasteiger partial charge is 0.492 e. The molecule has 0 aliphatic rings. The number of rotatable bonds is 5. The highest BCUT2D eigenvalue weighted by Crippen LogP contribution is 2.09. The second kappa shape index (κ2) is 5.62. The zero-order valence-corrected chi connectivity index (χ0v) is 8.68. The lowest BCUT2D eigenvalue weighted by Crippen LogP contribution is -2.36. The van der Waals surface area contributed by atoms with E-state index in [1.165, 1.54) is 0 Å². The van der Waals surface area contributed by atoms with Crippen LogP contribution < -0.4 is 4.74 Å². The number of para-hydroxylation sites is 1. The first-order chi connectivity index (χ1) is 6.74. The molecule has 1 atom stereocenters. The topological polar surface area (TPSA) is 32.7 Å². The highest BCUT2D eigenvalue weighted by molar-refractivity contribution is 5.20. The van der Waals surface area contributed by atoms with Gasteiger partial charge < -0.3 is 14.7 Å². The molecule has 0 aliphatic carbocycles. The molecule has 1 rings (SSSR count). The molecule has 0 amide bonds. The molecule has 0 bridgehead atoms. The Kier molecular flexibility index (Phi) is 4.43. The van der Waals surface area contributed by atoms with Gasteiger partial charge in [-0.1, -0.05) is 18.2 Å². The Morgan fingerprint density at radius 1 is 1.29 bits per heavy atom. The van der Waals surface area contributed by atoms with Gasteiger partial charge in [-0.25, -0.2) is 0 Å². The summed E-state index contributed by atoms with van der Waals surface area (Å²) >= 11 is 0. The second-order valence-corrected chi connectivity index (χ2v) is 3.42. The van der Waals surface area contributed by atoms with Crippen LogP contribution in [0.4, 0.5) is 0 Å². The molecule has 0 radical (unpaired) electrons. The first-order valence-corrected chi connectivity index (χ1v) is 4.69. The summed E-state index contributed by atoms with van der Waals surface area (Å²) in [6, 6.07) is 9.67. The summed E-state index contributed by atoms with van der Waals surface area (Å²) in [5.41, 5.74) is 0. The number of ether oxygens (including phenoxy) is 1. The van der Waals surface area contributed by atoms with Crippen LogP contribution >= 0.6 is 0 Å². The fourth-order valence-electron chi connectivity index (χ4n) is 1.07. The number of aliphatic hydroxyl groups excluding tert-OH is 1. The molecule has 78 valence electrons. The van der Waals surface area contributed by atoms with Crippen LogP contribution in [0.2, 0.25) is 0 Å². The van der Waals surface area contributed by atoms with Crippen molar-refractivity contribution in [2.75, 3.05) is 27.3 Å². The Morgan fingerprint density at radius 2 is 1.93 bits per heavy atom. The van der Waals surface area contributed by atoms with Crippen molar-refractivity contribution in [3.8, 4) is 5.75 Å². The van der Waals surface area contributed by atoms with E-state index in [1.807, 2.05) is 49.3 Å². The van der Waals surface area contributed by atoms with Crippen LogP contribution in [-0.2, 0) is 0 Å². The van der Waals surface area contributed by atoms with E-state index >= 15 is 0 Å². The smallest absolute Gasteiger partial charge is 0.119 e. The maximum Gasteiger partial charge on any atom is 0.119 e. The summed E-state index contributed by atoms with van der Waals surface area (Å²) in [6.07, 6.45) is 0. The first kappa shape index (κ1) is 11.0. The molecule has 0 saturated carbocycles. The van der Waals surface area contributed by atoms with E-state index in [2.05, 4.69) is 0 Å². The maximum absolute atomic E-state index is 9.05. The highest BCUT2D eigenvalue weighted by Gasteiger charge is 2.10. The third-order valence-electron chi connectivity index (χ3n) is 2.13. The average molecular weight is 195 g/mol. The van der Waals surface area contributed by atoms with E-state index < -0.39 is 0 Å². The molecule has 14 heavy (non-hydrogen) atoms. The molecule has 0 fully saturated rings. The standard InChI is InChI=1S/C11H17NO2/c1-12(2)10(8-13)9-14-11-6-4-3-5-7-11/h3-7,10,13H,8-9H2,1-2H3. The Bertz CT molecular complexity index is 249. The molecule has 0 aliphatic heterocycles. The van der Waals surface area contributed by atoms with Crippen LogP contribution in [0.3, 0.4) is 0 Å². The van der Waals surface area contributed by atoms with Gasteiger partial charge in [-0.2, -0.15) is 0 Å². The zero-order chi connectivity index (χ0) is 10.4. The first-order valence-electron chi connectivity index (χ1n) is 4.69. The normalized spacial score (nSPS) is 12.9. The van der Waals surface area contributed by atoms with Crippen LogP contribution in [0.1, 0.15) is 0 Å². The predicted molar refractivity (Wildman–Crippen MR) is 56.5 cm³/mol. The average Bonchev–Trinajstić information content (AvgIpc) is 2.20. The van der Waals surface area contributed by atoms with E-state index in [1.54, 1.807) is 0 Å². The van der Waals surface area contributed by atoms with Gasteiger partial charge in [-0.3, -0.25) is 0 Å². The van der Waals surface area contributed by atoms with Crippen molar-refractivity contribution in [2.24, 2.45) is 0 Å². The zero-order valence-electron chi connectivity index (χ0n) is 8.68. The summed E-state index contributed by atoms with van der Waals surface area (Å²) in [6.45, 7) is 0.618. The second-order valence-electron chi connectivity index (χ2n) is 3.42. The molecular weight excluding hydrogens is 178 g/mol. The van der Waals surface area contributed by atoms with Crippen LogP contribution in [0.25, 0.3) is 0 Å². The lowest BCUT2D eigenvalue weighted by molar-refractivity contribution is 0.118. The van der Waals surface area contributed by atoms with Crippen molar-refractivity contribution in [2.45, 2.75) is 6.04 Å². The van der Waals surface area contributed by atoms with Gasteiger partial charge in [0.1, 0.15) is 12.4 Å². The van der Waals surface area contributed by atoms with Crippen molar-refractivity contribution in [1.82, 2.24) is 4.90 Å². The van der Waals surface area contributed by atoms with E-state index in [0.717, 1.165) is 5.75 Å². The number of likely N-dealkylation sites (N-methyl/N-ethyl adjacent to an activating group) is 1. The highest BCUT2D eigenvalue weighted by atomic mass is 16.5. The third kappa shape index (κ3) is 3.36. The van der Waals surface area contributed by atoms with Gasteiger partial charge in [-0.15, -0.1) is 0 Å². The Balaban J connectivity index is 2.40. The van der Waals surface area contributed by atoms with Crippen LogP contribution in [0, 0.1) is 0 Å². The molecular formula is C11H17NO2. The molecule has 1 unspecified atom stereocenters. The molecule has 0 heterocycles. The van der Waals surface area contributed by atoms with Crippen molar-refractivity contribution >= 4 is 0 Å². The number of nitrogens with zero attached hydrogens (tertiary/aromatic N) is 1. The maximum atomic E-state index is 9.05. The lowest BCUT2D eigenvalue weighted by atomic mass is 10.3. The van der Waals surface area contributed by atoms with Crippen molar-refractivity contribution in [3.63, 3.8) is 0 Å². The van der Waals surface area contributed by atoms with Gasteiger partial charge >= 0.3 is 0 Å². The van der Waals surface area contributed by atoms with Crippen molar-refractivity contribution in [1.29, 1.82) is 0 Å². The Hall–Kier alpha value is -1.06. The fourth-order valence-corrected chi connectivity index (χ4v) is 1.07. The minimum atomic E-state index is 0.0511. The van der Waals surface area contributed by atoms with Gasteiger partial charge in [0.25, 0.3) is 0 Å². The molecule has 1 aromatic carbocycles. The summed E-state index contributed by atoms with van der Waals surface area (Å²) in [4.78, 5) is 1.95. The molecule has 3 heteroatoms.